The third-order valence-electron chi connectivity index (χ3n) is 1.94. The van der Waals surface area contributed by atoms with Gasteiger partial charge in [0.1, 0.15) is 0 Å². The number of benzene rings is 1. The largest absolute Gasteiger partial charge is 0.465 e. The summed E-state index contributed by atoms with van der Waals surface area (Å²) in [4.78, 5) is 11.2. The summed E-state index contributed by atoms with van der Waals surface area (Å²) in [5.41, 5.74) is 2.43. The maximum Gasteiger partial charge on any atom is 0.338 e. The molecule has 0 fully saturated rings. The molecule has 0 aromatic heterocycles. The van der Waals surface area contributed by atoms with E-state index in [2.05, 4.69) is 4.74 Å². The number of ether oxygens (including phenoxy) is 1. The van der Waals surface area contributed by atoms with Gasteiger partial charge in [0.25, 0.3) is 0 Å². The Balaban J connectivity index is 3.11. The molecule has 1 rings (SSSR count). The second-order valence-corrected chi connectivity index (χ2v) is 2.84. The number of hydrogen-bond donors (Lipinski definition) is 0. The first kappa shape index (κ1) is 9.84. The minimum atomic E-state index is -0.312. The van der Waals surface area contributed by atoms with Crippen molar-refractivity contribution in [3.05, 3.63) is 34.9 Å². The molecule has 0 aliphatic heterocycles. The van der Waals surface area contributed by atoms with Crippen molar-refractivity contribution in [1.29, 1.82) is 0 Å². The molecule has 0 saturated heterocycles. The maximum atomic E-state index is 11.2. The molecule has 66 valence electrons. The van der Waals surface area contributed by atoms with Gasteiger partial charge in [-0.1, -0.05) is 24.0 Å². The number of carbonyl (C=O) groups is 1. The molecule has 0 unspecified atom stereocenters. The summed E-state index contributed by atoms with van der Waals surface area (Å²) < 4.78 is 4.64. The Labute approximate surface area is 79.3 Å². The first-order chi connectivity index (χ1) is 6.19. The zero-order valence-corrected chi connectivity index (χ0v) is 7.83. The van der Waals surface area contributed by atoms with Gasteiger partial charge in [-0.25, -0.2) is 4.79 Å². The first-order valence-electron chi connectivity index (χ1n) is 4.07. The van der Waals surface area contributed by atoms with Gasteiger partial charge < -0.3 is 4.74 Å². The minimum Gasteiger partial charge on any atom is -0.465 e. The monoisotopic (exact) mass is 174 g/mol. The van der Waals surface area contributed by atoms with E-state index < -0.39 is 0 Å². The van der Waals surface area contributed by atoms with Gasteiger partial charge in [0.2, 0.25) is 0 Å². The second-order valence-electron chi connectivity index (χ2n) is 2.84. The standard InChI is InChI=1S/C10H11BO2/c1-7-3-4-8(6-11)5-9(7)10(12)13-2/h3-5H,6H2,1-2H3. The summed E-state index contributed by atoms with van der Waals surface area (Å²) in [6.07, 6.45) is 0.435. The Kier molecular flexibility index (Phi) is 3.12. The Hall–Kier alpha value is -1.25. The summed E-state index contributed by atoms with van der Waals surface area (Å²) in [5.74, 6) is -0.312. The number of methoxy groups -OCH3 is 1. The number of aryl methyl sites for hydroxylation is 1. The Morgan fingerprint density at radius 3 is 2.77 bits per heavy atom. The molecule has 0 bridgehead atoms. The van der Waals surface area contributed by atoms with Gasteiger partial charge in [-0.15, -0.1) is 0 Å². The number of carbonyl (C=O) groups excluding carboxylic acids is 1. The lowest BCUT2D eigenvalue weighted by Crippen LogP contribution is -2.04. The van der Waals surface area contributed by atoms with Crippen LogP contribution in [0.2, 0.25) is 0 Å². The lowest BCUT2D eigenvalue weighted by Gasteiger charge is -2.05. The molecule has 1 aromatic carbocycles. The van der Waals surface area contributed by atoms with Crippen molar-refractivity contribution >= 4 is 13.8 Å². The lowest BCUT2D eigenvalue weighted by molar-refractivity contribution is 0.0600. The molecule has 0 heterocycles. The van der Waals surface area contributed by atoms with E-state index in [1.165, 1.54) is 7.11 Å². The third-order valence-corrected chi connectivity index (χ3v) is 1.94. The second kappa shape index (κ2) is 4.12. The SMILES string of the molecule is [B]Cc1ccc(C)c(C(=O)OC)c1. The predicted molar refractivity (Wildman–Crippen MR) is 52.0 cm³/mol. The topological polar surface area (TPSA) is 26.3 Å². The molecule has 2 radical (unpaired) electrons. The molecule has 0 aliphatic carbocycles. The van der Waals surface area contributed by atoms with E-state index in [9.17, 15) is 4.79 Å². The molecule has 0 atom stereocenters. The molecular formula is C10H11BO2. The highest BCUT2D eigenvalue weighted by Gasteiger charge is 2.08. The van der Waals surface area contributed by atoms with Crippen LogP contribution in [-0.2, 0) is 11.1 Å². The summed E-state index contributed by atoms with van der Waals surface area (Å²) in [5, 5.41) is 0. The van der Waals surface area contributed by atoms with Crippen molar-refractivity contribution in [2.24, 2.45) is 0 Å². The fourth-order valence-corrected chi connectivity index (χ4v) is 1.13. The van der Waals surface area contributed by atoms with Gasteiger partial charge >= 0.3 is 5.97 Å². The van der Waals surface area contributed by atoms with E-state index in [4.69, 9.17) is 7.85 Å². The molecule has 0 saturated carbocycles. The van der Waals surface area contributed by atoms with E-state index in [0.29, 0.717) is 11.9 Å². The third kappa shape index (κ3) is 2.11. The quantitative estimate of drug-likeness (QED) is 0.501. The fourth-order valence-electron chi connectivity index (χ4n) is 1.13. The Bertz CT molecular complexity index is 321. The van der Waals surface area contributed by atoms with Crippen molar-refractivity contribution in [2.75, 3.05) is 7.11 Å². The van der Waals surface area contributed by atoms with Crippen molar-refractivity contribution in [3.8, 4) is 0 Å². The van der Waals surface area contributed by atoms with Crippen molar-refractivity contribution in [2.45, 2.75) is 13.2 Å². The first-order valence-corrected chi connectivity index (χ1v) is 4.07. The van der Waals surface area contributed by atoms with Gasteiger partial charge in [0, 0.05) is 0 Å². The number of hydrogen-bond acceptors (Lipinski definition) is 2. The Morgan fingerprint density at radius 2 is 2.23 bits per heavy atom. The summed E-state index contributed by atoms with van der Waals surface area (Å²) >= 11 is 0. The zero-order valence-electron chi connectivity index (χ0n) is 7.83. The van der Waals surface area contributed by atoms with E-state index in [1.54, 1.807) is 6.07 Å². The highest BCUT2D eigenvalue weighted by atomic mass is 16.5. The average Bonchev–Trinajstić information content (AvgIpc) is 2.17. The lowest BCUT2D eigenvalue weighted by atomic mass is 9.94. The van der Waals surface area contributed by atoms with Crippen LogP contribution in [-0.4, -0.2) is 20.9 Å². The minimum absolute atomic E-state index is 0.312. The molecule has 2 nitrogen and oxygen atoms in total. The highest BCUT2D eigenvalue weighted by Crippen LogP contribution is 2.12. The van der Waals surface area contributed by atoms with E-state index in [1.807, 2.05) is 19.1 Å². The van der Waals surface area contributed by atoms with Crippen LogP contribution in [0.3, 0.4) is 0 Å². The van der Waals surface area contributed by atoms with Crippen molar-refractivity contribution < 1.29 is 9.53 Å². The molecular weight excluding hydrogens is 163 g/mol. The summed E-state index contributed by atoms with van der Waals surface area (Å²) in [6, 6.07) is 5.54. The predicted octanol–water partition coefficient (Wildman–Crippen LogP) is 1.45. The highest BCUT2D eigenvalue weighted by molar-refractivity contribution is 6.08. The van der Waals surface area contributed by atoms with Gasteiger partial charge in [0.05, 0.1) is 20.5 Å². The smallest absolute Gasteiger partial charge is 0.338 e. The van der Waals surface area contributed by atoms with Gasteiger partial charge in [-0.05, 0) is 18.6 Å². The summed E-state index contributed by atoms with van der Waals surface area (Å²) in [6.45, 7) is 1.87. The van der Waals surface area contributed by atoms with Crippen LogP contribution in [0.5, 0.6) is 0 Å². The van der Waals surface area contributed by atoms with Gasteiger partial charge in [-0.2, -0.15) is 0 Å². The van der Waals surface area contributed by atoms with Crippen LogP contribution in [0.4, 0.5) is 0 Å². The van der Waals surface area contributed by atoms with E-state index in [0.717, 1.165) is 11.1 Å². The van der Waals surface area contributed by atoms with Crippen molar-refractivity contribution in [1.82, 2.24) is 0 Å². The van der Waals surface area contributed by atoms with Crippen LogP contribution < -0.4 is 0 Å². The average molecular weight is 174 g/mol. The van der Waals surface area contributed by atoms with Crippen molar-refractivity contribution in [3.63, 3.8) is 0 Å². The fraction of sp³-hybridized carbons (Fsp3) is 0.300. The number of rotatable bonds is 2. The normalized spacial score (nSPS) is 9.69. The van der Waals surface area contributed by atoms with Crippen LogP contribution >= 0.6 is 0 Å². The Morgan fingerprint density at radius 1 is 1.54 bits per heavy atom. The summed E-state index contributed by atoms with van der Waals surface area (Å²) in [7, 11) is 6.83. The number of esters is 1. The van der Waals surface area contributed by atoms with Crippen LogP contribution in [0, 0.1) is 6.92 Å². The molecule has 1 aromatic rings. The maximum absolute atomic E-state index is 11.2. The molecule has 0 aliphatic rings. The molecule has 0 N–H and O–H groups in total. The van der Waals surface area contributed by atoms with Gasteiger partial charge in [-0.3, -0.25) is 0 Å². The molecule has 3 heteroatoms. The van der Waals surface area contributed by atoms with E-state index in [-0.39, 0.29) is 5.97 Å². The van der Waals surface area contributed by atoms with E-state index >= 15 is 0 Å². The molecule has 13 heavy (non-hydrogen) atoms. The van der Waals surface area contributed by atoms with Crippen LogP contribution in [0.25, 0.3) is 0 Å². The zero-order chi connectivity index (χ0) is 9.84. The molecule has 0 spiro atoms. The molecule has 0 amide bonds. The van der Waals surface area contributed by atoms with Crippen LogP contribution in [0.15, 0.2) is 18.2 Å². The van der Waals surface area contributed by atoms with Crippen LogP contribution in [0.1, 0.15) is 21.5 Å². The van der Waals surface area contributed by atoms with Gasteiger partial charge in [0.15, 0.2) is 0 Å².